The van der Waals surface area contributed by atoms with Gasteiger partial charge in [0.2, 0.25) is 0 Å². The molecule has 1 aromatic heterocycles. The Balaban J connectivity index is 2.67. The van der Waals surface area contributed by atoms with Gasteiger partial charge in [0.05, 0.1) is 28.2 Å². The van der Waals surface area contributed by atoms with Crippen LogP contribution in [0, 0.1) is 13.8 Å². The van der Waals surface area contributed by atoms with Crippen molar-refractivity contribution >= 4 is 27.5 Å². The Morgan fingerprint density at radius 2 is 2.12 bits per heavy atom. The topological polar surface area (TPSA) is 38.0 Å². The highest BCUT2D eigenvalue weighted by atomic mass is 79.9. The van der Waals surface area contributed by atoms with E-state index in [1.165, 1.54) is 0 Å². The van der Waals surface area contributed by atoms with Crippen molar-refractivity contribution in [2.24, 2.45) is 0 Å². The molecular formula is C12H12BrClN2O. The number of benzene rings is 1. The van der Waals surface area contributed by atoms with Gasteiger partial charge < -0.3 is 5.11 Å². The lowest BCUT2D eigenvalue weighted by Crippen LogP contribution is -2.03. The molecular weight excluding hydrogens is 304 g/mol. The lowest BCUT2D eigenvalue weighted by atomic mass is 10.2. The molecule has 0 unspecified atom stereocenters. The Morgan fingerprint density at radius 3 is 2.65 bits per heavy atom. The molecule has 1 N–H and O–H groups in total. The Labute approximate surface area is 113 Å². The van der Waals surface area contributed by atoms with Crippen LogP contribution >= 0.6 is 27.5 Å². The highest BCUT2D eigenvalue weighted by Gasteiger charge is 2.13. The zero-order chi connectivity index (χ0) is 12.6. The van der Waals surface area contributed by atoms with Crippen molar-refractivity contribution in [2.75, 3.05) is 0 Å². The number of nitrogens with zero attached hydrogens (tertiary/aromatic N) is 2. The van der Waals surface area contributed by atoms with Crippen LogP contribution in [0.15, 0.2) is 22.7 Å². The van der Waals surface area contributed by atoms with Gasteiger partial charge in [-0.25, -0.2) is 4.68 Å². The summed E-state index contributed by atoms with van der Waals surface area (Å²) in [6.07, 6.45) is 0. The SMILES string of the molecule is Cc1nn(-c2cc(Cl)ccc2CO)c(C)c1Br. The average Bonchev–Trinajstić information content (AvgIpc) is 2.57. The van der Waals surface area contributed by atoms with E-state index in [1.807, 2.05) is 19.9 Å². The van der Waals surface area contributed by atoms with Crippen LogP contribution in [-0.2, 0) is 6.61 Å². The molecule has 0 spiro atoms. The molecule has 0 bridgehead atoms. The second-order valence-electron chi connectivity index (χ2n) is 3.83. The summed E-state index contributed by atoms with van der Waals surface area (Å²) in [6.45, 7) is 3.85. The fourth-order valence-electron chi connectivity index (χ4n) is 1.73. The van der Waals surface area contributed by atoms with Gasteiger partial charge in [0.1, 0.15) is 0 Å². The second-order valence-corrected chi connectivity index (χ2v) is 5.06. The zero-order valence-corrected chi connectivity index (χ0v) is 11.9. The number of aliphatic hydroxyl groups excluding tert-OH is 1. The van der Waals surface area contributed by atoms with Crippen molar-refractivity contribution in [3.05, 3.63) is 44.6 Å². The van der Waals surface area contributed by atoms with E-state index in [4.69, 9.17) is 11.6 Å². The molecule has 0 radical (unpaired) electrons. The second kappa shape index (κ2) is 4.80. The number of hydrogen-bond donors (Lipinski definition) is 1. The number of halogens is 2. The van der Waals surface area contributed by atoms with E-state index in [2.05, 4.69) is 21.0 Å². The molecule has 2 aromatic rings. The van der Waals surface area contributed by atoms with Gasteiger partial charge in [0, 0.05) is 10.6 Å². The third-order valence-corrected chi connectivity index (χ3v) is 4.03. The van der Waals surface area contributed by atoms with Gasteiger partial charge in [0.15, 0.2) is 0 Å². The first-order valence-electron chi connectivity index (χ1n) is 5.16. The Hall–Kier alpha value is -0.840. The summed E-state index contributed by atoms with van der Waals surface area (Å²) < 4.78 is 2.76. The maximum absolute atomic E-state index is 9.34. The summed E-state index contributed by atoms with van der Waals surface area (Å²) in [7, 11) is 0. The van der Waals surface area contributed by atoms with Crippen molar-refractivity contribution in [3.63, 3.8) is 0 Å². The molecule has 0 aliphatic carbocycles. The van der Waals surface area contributed by atoms with Crippen molar-refractivity contribution < 1.29 is 5.11 Å². The van der Waals surface area contributed by atoms with Crippen LogP contribution in [0.3, 0.4) is 0 Å². The van der Waals surface area contributed by atoms with Gasteiger partial charge >= 0.3 is 0 Å². The van der Waals surface area contributed by atoms with E-state index in [0.717, 1.165) is 27.1 Å². The molecule has 0 saturated heterocycles. The first-order valence-corrected chi connectivity index (χ1v) is 6.33. The summed E-state index contributed by atoms with van der Waals surface area (Å²) in [5.41, 5.74) is 3.50. The molecule has 0 atom stereocenters. The zero-order valence-electron chi connectivity index (χ0n) is 9.54. The maximum Gasteiger partial charge on any atom is 0.0743 e. The lowest BCUT2D eigenvalue weighted by molar-refractivity contribution is 0.281. The van der Waals surface area contributed by atoms with E-state index in [0.29, 0.717) is 5.02 Å². The van der Waals surface area contributed by atoms with Gasteiger partial charge in [-0.15, -0.1) is 0 Å². The van der Waals surface area contributed by atoms with Crippen LogP contribution < -0.4 is 0 Å². The molecule has 0 aliphatic rings. The highest BCUT2D eigenvalue weighted by molar-refractivity contribution is 9.10. The van der Waals surface area contributed by atoms with Crippen molar-refractivity contribution in [2.45, 2.75) is 20.5 Å². The molecule has 1 aromatic carbocycles. The first-order chi connectivity index (χ1) is 8.04. The number of aromatic nitrogens is 2. The van der Waals surface area contributed by atoms with E-state index < -0.39 is 0 Å². The molecule has 0 saturated carbocycles. The summed E-state index contributed by atoms with van der Waals surface area (Å²) in [4.78, 5) is 0. The van der Waals surface area contributed by atoms with Crippen molar-refractivity contribution in [1.82, 2.24) is 9.78 Å². The van der Waals surface area contributed by atoms with Crippen LogP contribution in [0.5, 0.6) is 0 Å². The standard InChI is InChI=1S/C12H12BrClN2O/c1-7-12(13)8(2)16(15-7)11-5-10(14)4-3-9(11)6-17/h3-5,17H,6H2,1-2H3. The predicted molar refractivity (Wildman–Crippen MR) is 71.7 cm³/mol. The molecule has 0 fully saturated rings. The molecule has 17 heavy (non-hydrogen) atoms. The van der Waals surface area contributed by atoms with Crippen LogP contribution in [0.1, 0.15) is 17.0 Å². The smallest absolute Gasteiger partial charge is 0.0743 e. The highest BCUT2D eigenvalue weighted by Crippen LogP contribution is 2.26. The maximum atomic E-state index is 9.34. The van der Waals surface area contributed by atoms with Crippen LogP contribution in [0.2, 0.25) is 5.02 Å². The van der Waals surface area contributed by atoms with Crippen molar-refractivity contribution in [1.29, 1.82) is 0 Å². The van der Waals surface area contributed by atoms with Gasteiger partial charge in [0.25, 0.3) is 0 Å². The summed E-state index contributed by atoms with van der Waals surface area (Å²) in [6, 6.07) is 5.37. The van der Waals surface area contributed by atoms with E-state index in [1.54, 1.807) is 16.8 Å². The predicted octanol–water partition coefficient (Wildman–Crippen LogP) is 3.40. The summed E-state index contributed by atoms with van der Waals surface area (Å²) >= 11 is 9.47. The van der Waals surface area contributed by atoms with Gasteiger partial charge in [-0.1, -0.05) is 17.7 Å². The molecule has 2 rings (SSSR count). The molecule has 3 nitrogen and oxygen atoms in total. The van der Waals surface area contributed by atoms with Gasteiger partial charge in [-0.3, -0.25) is 0 Å². The van der Waals surface area contributed by atoms with Gasteiger partial charge in [-0.05, 0) is 41.9 Å². The Morgan fingerprint density at radius 1 is 1.41 bits per heavy atom. The number of aliphatic hydroxyl groups is 1. The third kappa shape index (κ3) is 2.25. The third-order valence-electron chi connectivity index (χ3n) is 2.65. The normalized spacial score (nSPS) is 10.9. The Bertz CT molecular complexity index is 566. The monoisotopic (exact) mass is 314 g/mol. The minimum Gasteiger partial charge on any atom is -0.392 e. The fourth-order valence-corrected chi connectivity index (χ4v) is 2.14. The number of rotatable bonds is 2. The van der Waals surface area contributed by atoms with Crippen molar-refractivity contribution in [3.8, 4) is 5.69 Å². The van der Waals surface area contributed by atoms with E-state index in [-0.39, 0.29) is 6.61 Å². The fraction of sp³-hybridized carbons (Fsp3) is 0.250. The van der Waals surface area contributed by atoms with Crippen LogP contribution in [0.25, 0.3) is 5.69 Å². The van der Waals surface area contributed by atoms with E-state index >= 15 is 0 Å². The van der Waals surface area contributed by atoms with E-state index in [9.17, 15) is 5.11 Å². The largest absolute Gasteiger partial charge is 0.392 e. The number of aryl methyl sites for hydroxylation is 1. The van der Waals surface area contributed by atoms with Gasteiger partial charge in [-0.2, -0.15) is 5.10 Å². The number of hydrogen-bond acceptors (Lipinski definition) is 2. The molecule has 5 heteroatoms. The minimum atomic E-state index is -0.0392. The summed E-state index contributed by atoms with van der Waals surface area (Å²) in [5, 5.41) is 14.4. The molecule has 1 heterocycles. The summed E-state index contributed by atoms with van der Waals surface area (Å²) in [5.74, 6) is 0. The Kier molecular flexibility index (Phi) is 3.56. The van der Waals surface area contributed by atoms with Crippen LogP contribution in [-0.4, -0.2) is 14.9 Å². The quantitative estimate of drug-likeness (QED) is 0.922. The molecule has 90 valence electrons. The minimum absolute atomic E-state index is 0.0392. The molecule has 0 aliphatic heterocycles. The molecule has 0 amide bonds. The first kappa shape index (κ1) is 12.6. The lowest BCUT2D eigenvalue weighted by Gasteiger charge is -2.10. The van der Waals surface area contributed by atoms with Crippen LogP contribution in [0.4, 0.5) is 0 Å². The average molecular weight is 316 g/mol.